The van der Waals surface area contributed by atoms with Gasteiger partial charge in [0.25, 0.3) is 0 Å². The second-order valence-electron chi connectivity index (χ2n) is 5.26. The summed E-state index contributed by atoms with van der Waals surface area (Å²) < 4.78 is 11.2. The minimum atomic E-state index is 0.300. The summed E-state index contributed by atoms with van der Waals surface area (Å²) in [4.78, 5) is 2.43. The molecule has 0 amide bonds. The van der Waals surface area contributed by atoms with E-state index >= 15 is 0 Å². The molecule has 4 heteroatoms. The minimum absolute atomic E-state index is 0.300. The summed E-state index contributed by atoms with van der Waals surface area (Å²) in [5.74, 6) is 0.882. The Morgan fingerprint density at radius 1 is 1.43 bits per heavy atom. The summed E-state index contributed by atoms with van der Waals surface area (Å²) >= 11 is 0. The maximum atomic E-state index is 5.78. The number of nitrogens with one attached hydrogen (secondary N) is 1. The van der Waals surface area contributed by atoms with Crippen molar-refractivity contribution in [3.63, 3.8) is 0 Å². The molecule has 2 rings (SSSR count). The van der Waals surface area contributed by atoms with Gasteiger partial charge in [-0.2, -0.15) is 0 Å². The zero-order chi connectivity index (χ0) is 14.9. The average molecular weight is 290 g/mol. The standard InChI is InChI=1S/C17H26N2O2/c1-3-10-20-16-7-5-15(6-8-16)12-18-13-17-14-19(4-2)9-11-21-17/h3,5-8,17-18H,1,4,9-14H2,2H3. The lowest BCUT2D eigenvalue weighted by molar-refractivity contribution is -0.0253. The van der Waals surface area contributed by atoms with E-state index in [4.69, 9.17) is 9.47 Å². The van der Waals surface area contributed by atoms with E-state index in [1.807, 2.05) is 12.1 Å². The van der Waals surface area contributed by atoms with Gasteiger partial charge in [-0.05, 0) is 24.2 Å². The van der Waals surface area contributed by atoms with E-state index in [0.717, 1.165) is 45.1 Å². The molecule has 0 aliphatic carbocycles. The van der Waals surface area contributed by atoms with Gasteiger partial charge in [-0.25, -0.2) is 0 Å². The third kappa shape index (κ3) is 5.50. The Morgan fingerprint density at radius 3 is 2.95 bits per heavy atom. The molecule has 1 saturated heterocycles. The maximum Gasteiger partial charge on any atom is 0.119 e. The predicted molar refractivity (Wildman–Crippen MR) is 85.7 cm³/mol. The highest BCUT2D eigenvalue weighted by molar-refractivity contribution is 5.27. The minimum Gasteiger partial charge on any atom is -0.490 e. The van der Waals surface area contributed by atoms with Crippen molar-refractivity contribution in [3.05, 3.63) is 42.5 Å². The Labute approximate surface area is 127 Å². The van der Waals surface area contributed by atoms with Gasteiger partial charge < -0.3 is 14.8 Å². The molecule has 0 saturated carbocycles. The lowest BCUT2D eigenvalue weighted by Crippen LogP contribution is -2.46. The first kappa shape index (κ1) is 16.0. The van der Waals surface area contributed by atoms with Gasteiger partial charge in [0.2, 0.25) is 0 Å². The molecule has 21 heavy (non-hydrogen) atoms. The van der Waals surface area contributed by atoms with E-state index in [9.17, 15) is 0 Å². The molecule has 1 aliphatic heterocycles. The van der Waals surface area contributed by atoms with Crippen LogP contribution in [0.5, 0.6) is 5.75 Å². The molecular formula is C17H26N2O2. The van der Waals surface area contributed by atoms with Crippen LogP contribution in [0.3, 0.4) is 0 Å². The number of hydrogen-bond donors (Lipinski definition) is 1. The Balaban J connectivity index is 1.69. The largest absolute Gasteiger partial charge is 0.490 e. The normalized spacial score (nSPS) is 19.4. The summed E-state index contributed by atoms with van der Waals surface area (Å²) in [6.45, 7) is 12.2. The molecule has 0 aromatic heterocycles. The fraction of sp³-hybridized carbons (Fsp3) is 0.529. The highest BCUT2D eigenvalue weighted by atomic mass is 16.5. The van der Waals surface area contributed by atoms with E-state index in [2.05, 4.69) is 35.9 Å². The molecular weight excluding hydrogens is 264 g/mol. The molecule has 0 radical (unpaired) electrons. The topological polar surface area (TPSA) is 33.7 Å². The zero-order valence-corrected chi connectivity index (χ0v) is 12.9. The van der Waals surface area contributed by atoms with E-state index in [-0.39, 0.29) is 0 Å². The molecule has 0 bridgehead atoms. The van der Waals surface area contributed by atoms with Crippen LogP contribution in [0, 0.1) is 0 Å². The Bertz CT molecular complexity index is 419. The second kappa shape index (κ2) is 8.82. The van der Waals surface area contributed by atoms with Gasteiger partial charge in [-0.15, -0.1) is 0 Å². The third-order valence-electron chi connectivity index (χ3n) is 3.66. The van der Waals surface area contributed by atoms with Crippen molar-refractivity contribution in [3.8, 4) is 5.75 Å². The van der Waals surface area contributed by atoms with Crippen LogP contribution in [0.2, 0.25) is 0 Å². The smallest absolute Gasteiger partial charge is 0.119 e. The maximum absolute atomic E-state index is 5.78. The van der Waals surface area contributed by atoms with E-state index < -0.39 is 0 Å². The molecule has 116 valence electrons. The van der Waals surface area contributed by atoms with Crippen LogP contribution in [0.25, 0.3) is 0 Å². The molecule has 1 fully saturated rings. The molecule has 0 spiro atoms. The molecule has 1 aliphatic rings. The quantitative estimate of drug-likeness (QED) is 0.743. The summed E-state index contributed by atoms with van der Waals surface area (Å²) in [6.07, 6.45) is 2.05. The first-order valence-electron chi connectivity index (χ1n) is 7.69. The van der Waals surface area contributed by atoms with Crippen molar-refractivity contribution < 1.29 is 9.47 Å². The van der Waals surface area contributed by atoms with E-state index in [1.165, 1.54) is 5.56 Å². The van der Waals surface area contributed by atoms with Crippen LogP contribution >= 0.6 is 0 Å². The van der Waals surface area contributed by atoms with Gasteiger partial charge in [0.15, 0.2) is 0 Å². The van der Waals surface area contributed by atoms with Gasteiger partial charge in [-0.1, -0.05) is 31.7 Å². The third-order valence-corrected chi connectivity index (χ3v) is 3.66. The zero-order valence-electron chi connectivity index (χ0n) is 12.9. The number of nitrogens with zero attached hydrogens (tertiary/aromatic N) is 1. The molecule has 1 atom stereocenters. The molecule has 1 aromatic carbocycles. The van der Waals surface area contributed by atoms with Gasteiger partial charge in [0.1, 0.15) is 12.4 Å². The highest BCUT2D eigenvalue weighted by Gasteiger charge is 2.18. The monoisotopic (exact) mass is 290 g/mol. The van der Waals surface area contributed by atoms with Crippen molar-refractivity contribution >= 4 is 0 Å². The van der Waals surface area contributed by atoms with Crippen molar-refractivity contribution in [1.29, 1.82) is 0 Å². The Hall–Kier alpha value is -1.36. The molecule has 1 heterocycles. The fourth-order valence-electron chi connectivity index (χ4n) is 2.43. The highest BCUT2D eigenvalue weighted by Crippen LogP contribution is 2.12. The number of likely N-dealkylation sites (N-methyl/N-ethyl adjacent to an activating group) is 1. The second-order valence-corrected chi connectivity index (χ2v) is 5.26. The predicted octanol–water partition coefficient (Wildman–Crippen LogP) is 2.06. The summed E-state index contributed by atoms with van der Waals surface area (Å²) in [5, 5.41) is 3.47. The van der Waals surface area contributed by atoms with E-state index in [1.54, 1.807) is 6.08 Å². The van der Waals surface area contributed by atoms with Gasteiger partial charge in [-0.3, -0.25) is 4.90 Å². The van der Waals surface area contributed by atoms with Crippen molar-refractivity contribution in [2.24, 2.45) is 0 Å². The van der Waals surface area contributed by atoms with Crippen LogP contribution in [0.4, 0.5) is 0 Å². The molecule has 1 unspecified atom stereocenters. The summed E-state index contributed by atoms with van der Waals surface area (Å²) in [5.41, 5.74) is 1.25. The molecule has 4 nitrogen and oxygen atoms in total. The molecule has 1 aromatic rings. The van der Waals surface area contributed by atoms with Crippen molar-refractivity contribution in [2.45, 2.75) is 19.6 Å². The van der Waals surface area contributed by atoms with Crippen molar-refractivity contribution in [2.75, 3.05) is 39.4 Å². The van der Waals surface area contributed by atoms with Crippen molar-refractivity contribution in [1.82, 2.24) is 10.2 Å². The summed E-state index contributed by atoms with van der Waals surface area (Å²) in [7, 11) is 0. The first-order valence-corrected chi connectivity index (χ1v) is 7.69. The number of benzene rings is 1. The number of morpholine rings is 1. The SMILES string of the molecule is C=CCOc1ccc(CNCC2CN(CC)CCO2)cc1. The fourth-order valence-corrected chi connectivity index (χ4v) is 2.43. The van der Waals surface area contributed by atoms with Crippen LogP contribution in [0.1, 0.15) is 12.5 Å². The van der Waals surface area contributed by atoms with Crippen LogP contribution in [0.15, 0.2) is 36.9 Å². The van der Waals surface area contributed by atoms with Crippen LogP contribution < -0.4 is 10.1 Å². The Morgan fingerprint density at radius 2 is 2.24 bits per heavy atom. The van der Waals surface area contributed by atoms with Crippen LogP contribution in [-0.4, -0.2) is 50.4 Å². The summed E-state index contributed by atoms with van der Waals surface area (Å²) in [6, 6.07) is 8.17. The number of hydrogen-bond acceptors (Lipinski definition) is 4. The number of rotatable bonds is 8. The lowest BCUT2D eigenvalue weighted by atomic mass is 10.2. The van der Waals surface area contributed by atoms with Gasteiger partial charge >= 0.3 is 0 Å². The van der Waals surface area contributed by atoms with Crippen LogP contribution in [-0.2, 0) is 11.3 Å². The van der Waals surface area contributed by atoms with Gasteiger partial charge in [0, 0.05) is 26.2 Å². The van der Waals surface area contributed by atoms with Gasteiger partial charge in [0.05, 0.1) is 12.7 Å². The Kier molecular flexibility index (Phi) is 6.73. The molecule has 1 N–H and O–H groups in total. The number of ether oxygens (including phenoxy) is 2. The average Bonchev–Trinajstić information content (AvgIpc) is 2.54. The van der Waals surface area contributed by atoms with E-state index in [0.29, 0.717) is 12.7 Å². The first-order chi connectivity index (χ1) is 10.3. The lowest BCUT2D eigenvalue weighted by Gasteiger charge is -2.32.